The summed E-state index contributed by atoms with van der Waals surface area (Å²) in [6.07, 6.45) is 0. The number of alkyl halides is 1. The number of hydrogen-bond acceptors (Lipinski definition) is 3. The summed E-state index contributed by atoms with van der Waals surface area (Å²) < 4.78 is 32.7. The Bertz CT molecular complexity index is 521. The zero-order valence-corrected chi connectivity index (χ0v) is 13.5. The quantitative estimate of drug-likeness (QED) is 0.733. The van der Waals surface area contributed by atoms with Crippen molar-refractivity contribution >= 4 is 41.9 Å². The molecular formula is C11H13Br2NO3S. The van der Waals surface area contributed by atoms with Gasteiger partial charge in [0, 0.05) is 16.3 Å². The Kier molecular flexibility index (Phi) is 4.82. The SMILES string of the molecule is O=S(=O)(c1cccc(Br)c1)N1CCOCC1CBr. The van der Waals surface area contributed by atoms with Crippen LogP contribution in [0.5, 0.6) is 0 Å². The Labute approximate surface area is 124 Å². The van der Waals surface area contributed by atoms with E-state index in [1.807, 2.05) is 0 Å². The van der Waals surface area contributed by atoms with Gasteiger partial charge in [-0.2, -0.15) is 4.31 Å². The highest BCUT2D eigenvalue weighted by Crippen LogP contribution is 2.23. The first-order valence-electron chi connectivity index (χ1n) is 5.47. The van der Waals surface area contributed by atoms with Crippen LogP contribution in [0.25, 0.3) is 0 Å². The molecule has 1 aromatic carbocycles. The van der Waals surface area contributed by atoms with Crippen molar-refractivity contribution < 1.29 is 13.2 Å². The molecule has 0 amide bonds. The summed E-state index contributed by atoms with van der Waals surface area (Å²) in [5.74, 6) is 0. The van der Waals surface area contributed by atoms with Crippen LogP contribution in [0.15, 0.2) is 33.6 Å². The van der Waals surface area contributed by atoms with Gasteiger partial charge in [0.05, 0.1) is 24.2 Å². The molecule has 1 unspecified atom stereocenters. The third-order valence-corrected chi connectivity index (χ3v) is 5.94. The van der Waals surface area contributed by atoms with Gasteiger partial charge in [-0.3, -0.25) is 0 Å². The van der Waals surface area contributed by atoms with Gasteiger partial charge in [0.1, 0.15) is 0 Å². The summed E-state index contributed by atoms with van der Waals surface area (Å²) in [5.41, 5.74) is 0. The van der Waals surface area contributed by atoms with E-state index in [0.717, 1.165) is 4.47 Å². The van der Waals surface area contributed by atoms with Crippen LogP contribution in [0.1, 0.15) is 0 Å². The molecule has 0 aromatic heterocycles. The van der Waals surface area contributed by atoms with E-state index in [2.05, 4.69) is 31.9 Å². The number of halogens is 2. The van der Waals surface area contributed by atoms with Gasteiger partial charge in [-0.1, -0.05) is 37.9 Å². The lowest BCUT2D eigenvalue weighted by Gasteiger charge is -2.33. The van der Waals surface area contributed by atoms with Crippen molar-refractivity contribution in [3.63, 3.8) is 0 Å². The van der Waals surface area contributed by atoms with Gasteiger partial charge in [-0.05, 0) is 18.2 Å². The Hall–Kier alpha value is 0.0500. The Morgan fingerprint density at radius 3 is 2.89 bits per heavy atom. The van der Waals surface area contributed by atoms with Gasteiger partial charge < -0.3 is 4.74 Å². The maximum atomic E-state index is 12.5. The molecule has 1 saturated heterocycles. The highest BCUT2D eigenvalue weighted by atomic mass is 79.9. The number of nitrogens with zero attached hydrogens (tertiary/aromatic N) is 1. The fraction of sp³-hybridized carbons (Fsp3) is 0.455. The van der Waals surface area contributed by atoms with E-state index < -0.39 is 10.0 Å². The van der Waals surface area contributed by atoms with E-state index in [-0.39, 0.29) is 6.04 Å². The second-order valence-corrected chi connectivity index (χ2v) is 7.41. The molecule has 1 atom stereocenters. The predicted molar refractivity (Wildman–Crippen MR) is 76.4 cm³/mol. The molecule has 2 rings (SSSR count). The van der Waals surface area contributed by atoms with E-state index in [4.69, 9.17) is 4.74 Å². The van der Waals surface area contributed by atoms with Crippen LogP contribution in [0.3, 0.4) is 0 Å². The zero-order valence-electron chi connectivity index (χ0n) is 9.55. The lowest BCUT2D eigenvalue weighted by molar-refractivity contribution is 0.0413. The minimum absolute atomic E-state index is 0.150. The topological polar surface area (TPSA) is 46.6 Å². The molecule has 100 valence electrons. The molecule has 0 radical (unpaired) electrons. The van der Waals surface area contributed by atoms with Crippen molar-refractivity contribution in [2.24, 2.45) is 0 Å². The van der Waals surface area contributed by atoms with Crippen LogP contribution >= 0.6 is 31.9 Å². The van der Waals surface area contributed by atoms with Crippen molar-refractivity contribution in [1.82, 2.24) is 4.31 Å². The largest absolute Gasteiger partial charge is 0.378 e. The minimum Gasteiger partial charge on any atom is -0.378 e. The number of morpholine rings is 1. The summed E-state index contributed by atoms with van der Waals surface area (Å²) in [7, 11) is -3.45. The van der Waals surface area contributed by atoms with E-state index in [0.29, 0.717) is 30.0 Å². The molecule has 0 bridgehead atoms. The Balaban J connectivity index is 2.35. The lowest BCUT2D eigenvalue weighted by atomic mass is 10.3. The van der Waals surface area contributed by atoms with Crippen molar-refractivity contribution in [1.29, 1.82) is 0 Å². The molecule has 1 aromatic rings. The molecule has 0 N–H and O–H groups in total. The fourth-order valence-corrected chi connectivity index (χ4v) is 4.76. The van der Waals surface area contributed by atoms with Crippen LogP contribution < -0.4 is 0 Å². The van der Waals surface area contributed by atoms with Gasteiger partial charge in [-0.15, -0.1) is 0 Å². The molecule has 1 aliphatic rings. The van der Waals surface area contributed by atoms with Gasteiger partial charge in [0.25, 0.3) is 0 Å². The van der Waals surface area contributed by atoms with Crippen molar-refractivity contribution in [3.8, 4) is 0 Å². The number of benzene rings is 1. The lowest BCUT2D eigenvalue weighted by Crippen LogP contribution is -2.49. The first-order valence-corrected chi connectivity index (χ1v) is 8.82. The van der Waals surface area contributed by atoms with Gasteiger partial charge in [0.15, 0.2) is 0 Å². The third-order valence-electron chi connectivity index (χ3n) is 2.75. The molecule has 4 nitrogen and oxygen atoms in total. The maximum absolute atomic E-state index is 12.5. The van der Waals surface area contributed by atoms with Crippen molar-refractivity contribution in [2.75, 3.05) is 25.1 Å². The predicted octanol–water partition coefficient (Wildman–Crippen LogP) is 2.23. The summed E-state index contributed by atoms with van der Waals surface area (Å²) in [6, 6.07) is 6.61. The zero-order chi connectivity index (χ0) is 13.2. The Morgan fingerprint density at radius 1 is 1.44 bits per heavy atom. The first-order chi connectivity index (χ1) is 8.55. The molecule has 1 heterocycles. The molecular weight excluding hydrogens is 386 g/mol. The van der Waals surface area contributed by atoms with Crippen molar-refractivity contribution in [2.45, 2.75) is 10.9 Å². The molecule has 0 saturated carbocycles. The van der Waals surface area contributed by atoms with E-state index in [1.165, 1.54) is 4.31 Å². The van der Waals surface area contributed by atoms with E-state index >= 15 is 0 Å². The summed E-state index contributed by atoms with van der Waals surface area (Å²) >= 11 is 6.63. The van der Waals surface area contributed by atoms with Crippen LogP contribution in [-0.2, 0) is 14.8 Å². The van der Waals surface area contributed by atoms with Gasteiger partial charge >= 0.3 is 0 Å². The van der Waals surface area contributed by atoms with Gasteiger partial charge in [-0.25, -0.2) is 8.42 Å². The van der Waals surface area contributed by atoms with Crippen LogP contribution in [0.2, 0.25) is 0 Å². The molecule has 7 heteroatoms. The third kappa shape index (κ3) is 2.96. The average Bonchev–Trinajstić information content (AvgIpc) is 2.38. The van der Waals surface area contributed by atoms with Crippen LogP contribution in [0, 0.1) is 0 Å². The van der Waals surface area contributed by atoms with Crippen LogP contribution in [-0.4, -0.2) is 43.9 Å². The number of hydrogen-bond donors (Lipinski definition) is 0. The Morgan fingerprint density at radius 2 is 2.22 bits per heavy atom. The number of sulfonamides is 1. The highest BCUT2D eigenvalue weighted by molar-refractivity contribution is 9.10. The molecule has 18 heavy (non-hydrogen) atoms. The molecule has 0 spiro atoms. The van der Waals surface area contributed by atoms with E-state index in [9.17, 15) is 8.42 Å². The highest BCUT2D eigenvalue weighted by Gasteiger charge is 2.33. The second kappa shape index (κ2) is 6.00. The number of ether oxygens (including phenoxy) is 1. The smallest absolute Gasteiger partial charge is 0.243 e. The van der Waals surface area contributed by atoms with Crippen LogP contribution in [0.4, 0.5) is 0 Å². The number of rotatable bonds is 3. The second-order valence-electron chi connectivity index (χ2n) is 3.96. The maximum Gasteiger partial charge on any atom is 0.243 e. The first kappa shape index (κ1) is 14.5. The summed E-state index contributed by atoms with van der Waals surface area (Å²) in [6.45, 7) is 1.26. The molecule has 1 aliphatic heterocycles. The fourth-order valence-electron chi connectivity index (χ4n) is 1.84. The summed E-state index contributed by atoms with van der Waals surface area (Å²) in [4.78, 5) is 0.310. The normalized spacial score (nSPS) is 22.0. The minimum atomic E-state index is -3.45. The summed E-state index contributed by atoms with van der Waals surface area (Å²) in [5, 5.41) is 0.570. The molecule has 0 aliphatic carbocycles. The molecule has 1 fully saturated rings. The van der Waals surface area contributed by atoms with Gasteiger partial charge in [0.2, 0.25) is 10.0 Å². The standard InChI is InChI=1S/C11H13Br2NO3S/c12-7-10-8-17-5-4-14(10)18(15,16)11-3-1-2-9(13)6-11/h1-3,6,10H,4-5,7-8H2. The monoisotopic (exact) mass is 397 g/mol. The average molecular weight is 399 g/mol. The van der Waals surface area contributed by atoms with E-state index in [1.54, 1.807) is 24.3 Å². The van der Waals surface area contributed by atoms with Crippen molar-refractivity contribution in [3.05, 3.63) is 28.7 Å².